The minimum Gasteiger partial charge on any atom is -0.496 e. The summed E-state index contributed by atoms with van der Waals surface area (Å²) in [4.78, 5) is 12.9. The number of para-hydroxylation sites is 1. The lowest BCUT2D eigenvalue weighted by molar-refractivity contribution is -0.118. The zero-order chi connectivity index (χ0) is 17.9. The van der Waals surface area contributed by atoms with Gasteiger partial charge < -0.3 is 14.8 Å². The Hall–Kier alpha value is -2.49. The van der Waals surface area contributed by atoms with Crippen molar-refractivity contribution >= 4 is 11.6 Å². The van der Waals surface area contributed by atoms with Crippen LogP contribution in [0.1, 0.15) is 32.3 Å². The van der Waals surface area contributed by atoms with Crippen LogP contribution < -0.4 is 14.8 Å². The first-order valence-electron chi connectivity index (χ1n) is 8.73. The molecule has 0 aliphatic heterocycles. The first-order valence-corrected chi connectivity index (χ1v) is 8.73. The number of carbonyl (C=O) groups is 1. The Balaban J connectivity index is 1.70. The van der Waals surface area contributed by atoms with Gasteiger partial charge in [0.1, 0.15) is 11.5 Å². The Morgan fingerprint density at radius 1 is 1.12 bits per heavy atom. The van der Waals surface area contributed by atoms with E-state index in [0.717, 1.165) is 35.6 Å². The molecule has 2 aromatic carbocycles. The average Bonchev–Trinajstić information content (AvgIpc) is 3.43. The Kier molecular flexibility index (Phi) is 4.98. The fraction of sp³-hybridized carbons (Fsp3) is 0.381. The van der Waals surface area contributed by atoms with Crippen LogP contribution in [0.15, 0.2) is 48.5 Å². The number of benzene rings is 2. The maximum atomic E-state index is 12.9. The van der Waals surface area contributed by atoms with Crippen LogP contribution in [0.5, 0.6) is 11.5 Å². The van der Waals surface area contributed by atoms with Gasteiger partial charge in [-0.05, 0) is 49.1 Å². The van der Waals surface area contributed by atoms with Gasteiger partial charge in [-0.1, -0.05) is 32.0 Å². The number of hydrogen-bond acceptors (Lipinski definition) is 3. The van der Waals surface area contributed by atoms with Gasteiger partial charge in [-0.15, -0.1) is 0 Å². The molecule has 0 saturated heterocycles. The van der Waals surface area contributed by atoms with Gasteiger partial charge in [0.2, 0.25) is 5.91 Å². The van der Waals surface area contributed by atoms with Crippen LogP contribution in [0.25, 0.3) is 0 Å². The maximum absolute atomic E-state index is 12.9. The van der Waals surface area contributed by atoms with Gasteiger partial charge in [0.25, 0.3) is 0 Å². The summed E-state index contributed by atoms with van der Waals surface area (Å²) in [7, 11) is 1.64. The van der Waals surface area contributed by atoms with Crippen molar-refractivity contribution < 1.29 is 14.3 Å². The zero-order valence-corrected chi connectivity index (χ0v) is 15.0. The molecule has 1 saturated carbocycles. The summed E-state index contributed by atoms with van der Waals surface area (Å²) < 4.78 is 11.1. The van der Waals surface area contributed by atoms with Crippen LogP contribution in [0.2, 0.25) is 0 Å². The van der Waals surface area contributed by atoms with E-state index in [1.54, 1.807) is 7.11 Å². The molecule has 0 heterocycles. The molecule has 1 aliphatic rings. The predicted octanol–water partition coefficient (Wildman–Crippen LogP) is 4.40. The fourth-order valence-electron chi connectivity index (χ4n) is 2.93. The molecular formula is C21H25NO3. The van der Waals surface area contributed by atoms with Crippen molar-refractivity contribution in [3.05, 3.63) is 54.1 Å². The normalized spacial score (nSPS) is 14.9. The van der Waals surface area contributed by atoms with Gasteiger partial charge in [-0.25, -0.2) is 0 Å². The molecule has 1 fully saturated rings. The number of rotatable bonds is 7. The second kappa shape index (κ2) is 7.18. The van der Waals surface area contributed by atoms with Gasteiger partial charge >= 0.3 is 0 Å². The summed E-state index contributed by atoms with van der Waals surface area (Å²) in [6, 6.07) is 15.3. The van der Waals surface area contributed by atoms with E-state index in [-0.39, 0.29) is 5.91 Å². The lowest BCUT2D eigenvalue weighted by atomic mass is 9.94. The van der Waals surface area contributed by atoms with Gasteiger partial charge in [0.15, 0.2) is 0 Å². The molecule has 4 heteroatoms. The topological polar surface area (TPSA) is 47.6 Å². The summed E-state index contributed by atoms with van der Waals surface area (Å²) in [5.41, 5.74) is 1.27. The summed E-state index contributed by atoms with van der Waals surface area (Å²) in [6.45, 7) is 4.91. The Labute approximate surface area is 149 Å². The molecule has 0 spiro atoms. The number of hydrogen-bond donors (Lipinski definition) is 1. The third-order valence-corrected chi connectivity index (χ3v) is 4.50. The van der Waals surface area contributed by atoms with Gasteiger partial charge in [-0.3, -0.25) is 4.79 Å². The molecule has 1 N–H and O–H groups in total. The summed E-state index contributed by atoms with van der Waals surface area (Å²) in [5.74, 6) is 2.09. The first-order chi connectivity index (χ1) is 12.0. The SMILES string of the molecule is COc1ccccc1C1(C(=O)Nc2ccc(OCC(C)C)cc2)CC1. The molecule has 0 radical (unpaired) electrons. The predicted molar refractivity (Wildman–Crippen MR) is 99.3 cm³/mol. The largest absolute Gasteiger partial charge is 0.496 e. The minimum atomic E-state index is -0.473. The van der Waals surface area contributed by atoms with E-state index < -0.39 is 5.41 Å². The second-order valence-corrected chi connectivity index (χ2v) is 6.97. The second-order valence-electron chi connectivity index (χ2n) is 6.97. The Morgan fingerprint density at radius 3 is 2.40 bits per heavy atom. The molecule has 0 aromatic heterocycles. The number of methoxy groups -OCH3 is 1. The summed E-state index contributed by atoms with van der Waals surface area (Å²) in [5, 5.41) is 3.04. The van der Waals surface area contributed by atoms with Crippen LogP contribution in [-0.2, 0) is 10.2 Å². The first kappa shape index (κ1) is 17.3. The van der Waals surface area contributed by atoms with Crippen molar-refractivity contribution in [3.63, 3.8) is 0 Å². The molecule has 0 bridgehead atoms. The molecule has 1 amide bonds. The lowest BCUT2D eigenvalue weighted by Crippen LogP contribution is -2.28. The molecule has 1 aliphatic carbocycles. The molecular weight excluding hydrogens is 314 g/mol. The highest BCUT2D eigenvalue weighted by Crippen LogP contribution is 2.51. The van der Waals surface area contributed by atoms with Crippen LogP contribution in [0, 0.1) is 5.92 Å². The molecule has 132 valence electrons. The zero-order valence-electron chi connectivity index (χ0n) is 15.0. The standard InChI is InChI=1S/C21H25NO3/c1-15(2)14-25-17-10-8-16(9-11-17)22-20(23)21(12-13-21)18-6-4-5-7-19(18)24-3/h4-11,15H,12-14H2,1-3H3,(H,22,23). The number of ether oxygens (including phenoxy) is 2. The Bertz CT molecular complexity index is 733. The number of carbonyl (C=O) groups excluding carboxylic acids is 1. The van der Waals surface area contributed by atoms with Crippen LogP contribution in [-0.4, -0.2) is 19.6 Å². The van der Waals surface area contributed by atoms with Crippen molar-refractivity contribution in [2.45, 2.75) is 32.1 Å². The Morgan fingerprint density at radius 2 is 1.80 bits per heavy atom. The summed E-state index contributed by atoms with van der Waals surface area (Å²) >= 11 is 0. The van der Waals surface area contributed by atoms with Crippen molar-refractivity contribution in [1.82, 2.24) is 0 Å². The molecule has 2 aromatic rings. The monoisotopic (exact) mass is 339 g/mol. The molecule has 25 heavy (non-hydrogen) atoms. The van der Waals surface area contributed by atoms with E-state index in [9.17, 15) is 4.79 Å². The van der Waals surface area contributed by atoms with Crippen molar-refractivity contribution in [3.8, 4) is 11.5 Å². The smallest absolute Gasteiger partial charge is 0.235 e. The van der Waals surface area contributed by atoms with Crippen molar-refractivity contribution in [1.29, 1.82) is 0 Å². The van der Waals surface area contributed by atoms with Crippen LogP contribution >= 0.6 is 0 Å². The third-order valence-electron chi connectivity index (χ3n) is 4.50. The molecule has 4 nitrogen and oxygen atoms in total. The van der Waals surface area contributed by atoms with E-state index >= 15 is 0 Å². The fourth-order valence-corrected chi connectivity index (χ4v) is 2.93. The minimum absolute atomic E-state index is 0.0212. The highest BCUT2D eigenvalue weighted by atomic mass is 16.5. The van der Waals surface area contributed by atoms with Crippen LogP contribution in [0.3, 0.4) is 0 Å². The highest BCUT2D eigenvalue weighted by Gasteiger charge is 2.52. The highest BCUT2D eigenvalue weighted by molar-refractivity contribution is 6.01. The number of amides is 1. The van der Waals surface area contributed by atoms with Gasteiger partial charge in [0.05, 0.1) is 19.1 Å². The van der Waals surface area contributed by atoms with E-state index in [2.05, 4.69) is 19.2 Å². The molecule has 0 unspecified atom stereocenters. The van der Waals surface area contributed by atoms with E-state index in [0.29, 0.717) is 12.5 Å². The van der Waals surface area contributed by atoms with Gasteiger partial charge in [0, 0.05) is 11.3 Å². The van der Waals surface area contributed by atoms with E-state index in [4.69, 9.17) is 9.47 Å². The summed E-state index contributed by atoms with van der Waals surface area (Å²) in [6.07, 6.45) is 1.68. The maximum Gasteiger partial charge on any atom is 0.235 e. The number of anilines is 1. The van der Waals surface area contributed by atoms with E-state index in [1.165, 1.54) is 0 Å². The van der Waals surface area contributed by atoms with Crippen molar-refractivity contribution in [2.24, 2.45) is 5.92 Å². The van der Waals surface area contributed by atoms with Crippen LogP contribution in [0.4, 0.5) is 5.69 Å². The molecule has 0 atom stereocenters. The number of nitrogens with one attached hydrogen (secondary N) is 1. The van der Waals surface area contributed by atoms with E-state index in [1.807, 2.05) is 48.5 Å². The van der Waals surface area contributed by atoms with Gasteiger partial charge in [-0.2, -0.15) is 0 Å². The molecule has 3 rings (SSSR count). The quantitative estimate of drug-likeness (QED) is 0.813. The third kappa shape index (κ3) is 3.78. The lowest BCUT2D eigenvalue weighted by Gasteiger charge is -2.18. The van der Waals surface area contributed by atoms with Crippen molar-refractivity contribution in [2.75, 3.05) is 19.0 Å². The average molecular weight is 339 g/mol.